The second-order valence-electron chi connectivity index (χ2n) is 4.00. The molecular weight excluding hydrogens is 288 g/mol. The number of aromatic nitrogens is 1. The van der Waals surface area contributed by atoms with E-state index in [0.29, 0.717) is 11.3 Å². The van der Waals surface area contributed by atoms with Crippen LogP contribution in [0.3, 0.4) is 0 Å². The van der Waals surface area contributed by atoms with Gasteiger partial charge in [-0.15, -0.1) is 11.3 Å². The Kier molecular flexibility index (Phi) is 3.46. The predicted molar refractivity (Wildman–Crippen MR) is 71.1 cm³/mol. The second kappa shape index (κ2) is 4.78. The number of sulfonamides is 1. The van der Waals surface area contributed by atoms with Gasteiger partial charge in [-0.2, -0.15) is 0 Å². The van der Waals surface area contributed by atoms with Crippen molar-refractivity contribution in [2.45, 2.75) is 25.7 Å². The maximum absolute atomic E-state index is 12.2. The van der Waals surface area contributed by atoms with E-state index in [2.05, 4.69) is 9.88 Å². The summed E-state index contributed by atoms with van der Waals surface area (Å²) in [6.45, 7) is 4.74. The van der Waals surface area contributed by atoms with Gasteiger partial charge in [0.25, 0.3) is 10.0 Å². The number of Topliss-reactive ketones (excluding diaryl/α,β-unsaturated/α-hetero) is 1. The minimum Gasteiger partial charge on any atom is -0.337 e. The number of hydrogen-bond acceptors (Lipinski definition) is 6. The monoisotopic (exact) mass is 300 g/mol. The van der Waals surface area contributed by atoms with E-state index in [1.54, 1.807) is 19.2 Å². The second-order valence-corrected chi connectivity index (χ2v) is 6.56. The molecule has 0 spiro atoms. The fourth-order valence-electron chi connectivity index (χ4n) is 1.45. The van der Waals surface area contributed by atoms with Gasteiger partial charge in [0, 0.05) is 5.56 Å². The number of aryl methyl sites for hydroxylation is 1. The SMILES string of the molecule is CC(=O)c1sccc1S(=O)(=O)Nc1onc(C)c1C. The van der Waals surface area contributed by atoms with Crippen molar-refractivity contribution in [1.82, 2.24) is 5.16 Å². The first-order chi connectivity index (χ1) is 8.83. The largest absolute Gasteiger partial charge is 0.337 e. The zero-order chi connectivity index (χ0) is 14.2. The molecule has 8 heteroatoms. The van der Waals surface area contributed by atoms with Gasteiger partial charge < -0.3 is 4.52 Å². The fourth-order valence-corrected chi connectivity index (χ4v) is 3.88. The average molecular weight is 300 g/mol. The molecule has 2 aromatic heterocycles. The number of thiophene rings is 1. The molecule has 0 aliphatic rings. The normalized spacial score (nSPS) is 11.5. The van der Waals surface area contributed by atoms with Crippen LogP contribution in [-0.2, 0) is 10.0 Å². The third-order valence-electron chi connectivity index (χ3n) is 2.62. The molecule has 0 radical (unpaired) electrons. The highest BCUT2D eigenvalue weighted by Gasteiger charge is 2.24. The van der Waals surface area contributed by atoms with Crippen LogP contribution in [0.1, 0.15) is 27.9 Å². The summed E-state index contributed by atoms with van der Waals surface area (Å²) in [7, 11) is -3.85. The highest BCUT2D eigenvalue weighted by molar-refractivity contribution is 7.93. The van der Waals surface area contributed by atoms with E-state index in [1.165, 1.54) is 13.0 Å². The number of anilines is 1. The van der Waals surface area contributed by atoms with Gasteiger partial charge in [-0.25, -0.2) is 13.1 Å². The number of nitrogens with one attached hydrogen (secondary N) is 1. The molecule has 0 saturated carbocycles. The van der Waals surface area contributed by atoms with Gasteiger partial charge in [0.1, 0.15) is 4.90 Å². The molecule has 0 aliphatic heterocycles. The number of carbonyl (C=O) groups is 1. The zero-order valence-electron chi connectivity index (χ0n) is 10.6. The van der Waals surface area contributed by atoms with Crippen molar-refractivity contribution in [2.24, 2.45) is 0 Å². The summed E-state index contributed by atoms with van der Waals surface area (Å²) in [5.41, 5.74) is 1.22. The topological polar surface area (TPSA) is 89.3 Å². The quantitative estimate of drug-likeness (QED) is 0.875. The molecule has 2 rings (SSSR count). The van der Waals surface area contributed by atoms with Crippen molar-refractivity contribution in [3.63, 3.8) is 0 Å². The minimum absolute atomic E-state index is 0.0431. The van der Waals surface area contributed by atoms with E-state index in [0.717, 1.165) is 11.3 Å². The maximum Gasteiger partial charge on any atom is 0.265 e. The molecule has 0 unspecified atom stereocenters. The molecule has 1 N–H and O–H groups in total. The van der Waals surface area contributed by atoms with Crippen LogP contribution in [0.2, 0.25) is 0 Å². The first kappa shape index (κ1) is 13.8. The first-order valence-electron chi connectivity index (χ1n) is 5.37. The molecule has 0 amide bonds. The van der Waals surface area contributed by atoms with Crippen LogP contribution in [0, 0.1) is 13.8 Å². The molecule has 2 heterocycles. The number of nitrogens with zero attached hydrogens (tertiary/aromatic N) is 1. The Morgan fingerprint density at radius 3 is 2.63 bits per heavy atom. The molecule has 19 heavy (non-hydrogen) atoms. The lowest BCUT2D eigenvalue weighted by atomic mass is 10.3. The lowest BCUT2D eigenvalue weighted by molar-refractivity contribution is 0.101. The molecule has 102 valence electrons. The average Bonchev–Trinajstić information content (AvgIpc) is 2.91. The lowest BCUT2D eigenvalue weighted by Gasteiger charge is -2.05. The highest BCUT2D eigenvalue weighted by atomic mass is 32.2. The Morgan fingerprint density at radius 1 is 1.42 bits per heavy atom. The van der Waals surface area contributed by atoms with Gasteiger partial charge in [0.15, 0.2) is 5.78 Å². The zero-order valence-corrected chi connectivity index (χ0v) is 12.2. The van der Waals surface area contributed by atoms with Crippen molar-refractivity contribution >= 4 is 33.0 Å². The molecule has 0 bridgehead atoms. The van der Waals surface area contributed by atoms with E-state index < -0.39 is 10.0 Å². The molecule has 6 nitrogen and oxygen atoms in total. The van der Waals surface area contributed by atoms with Gasteiger partial charge in [0.05, 0.1) is 10.6 Å². The Hall–Kier alpha value is -1.67. The van der Waals surface area contributed by atoms with E-state index in [4.69, 9.17) is 4.52 Å². The Labute approximate surface area is 114 Å². The van der Waals surface area contributed by atoms with Gasteiger partial charge in [-0.3, -0.25) is 4.79 Å². The van der Waals surface area contributed by atoms with Crippen molar-refractivity contribution in [3.8, 4) is 0 Å². The minimum atomic E-state index is -3.85. The third-order valence-corrected chi connectivity index (χ3v) is 5.14. The van der Waals surface area contributed by atoms with Crippen LogP contribution in [0.4, 0.5) is 5.88 Å². The van der Waals surface area contributed by atoms with Crippen LogP contribution < -0.4 is 4.72 Å². The molecule has 0 atom stereocenters. The summed E-state index contributed by atoms with van der Waals surface area (Å²) in [5, 5.41) is 5.23. The fraction of sp³-hybridized carbons (Fsp3) is 0.273. The molecule has 0 saturated heterocycles. The summed E-state index contributed by atoms with van der Waals surface area (Å²) < 4.78 is 31.6. The summed E-state index contributed by atoms with van der Waals surface area (Å²) in [6, 6.07) is 1.39. The summed E-state index contributed by atoms with van der Waals surface area (Å²) in [5.74, 6) is -0.223. The van der Waals surface area contributed by atoms with Gasteiger partial charge >= 0.3 is 0 Å². The van der Waals surface area contributed by atoms with Crippen molar-refractivity contribution in [3.05, 3.63) is 27.6 Å². The maximum atomic E-state index is 12.2. The van der Waals surface area contributed by atoms with Crippen molar-refractivity contribution in [2.75, 3.05) is 4.72 Å². The van der Waals surface area contributed by atoms with Gasteiger partial charge in [0.2, 0.25) is 5.88 Å². The Bertz CT molecular complexity index is 728. The van der Waals surface area contributed by atoms with E-state index in [-0.39, 0.29) is 21.4 Å². The Balaban J connectivity index is 2.41. The van der Waals surface area contributed by atoms with Crippen LogP contribution in [0.25, 0.3) is 0 Å². The summed E-state index contributed by atoms with van der Waals surface area (Å²) in [6.07, 6.45) is 0. The predicted octanol–water partition coefficient (Wildman–Crippen LogP) is 2.36. The standard InChI is InChI=1S/C11H12N2O4S2/c1-6-7(2)12-17-11(6)13-19(15,16)9-4-5-18-10(9)8(3)14/h4-5,13H,1-3H3. The van der Waals surface area contributed by atoms with Crippen LogP contribution >= 0.6 is 11.3 Å². The summed E-state index contributed by atoms with van der Waals surface area (Å²) >= 11 is 1.09. The molecule has 0 aliphatic carbocycles. The van der Waals surface area contributed by atoms with Gasteiger partial charge in [-0.1, -0.05) is 5.16 Å². The highest BCUT2D eigenvalue weighted by Crippen LogP contribution is 2.26. The Morgan fingerprint density at radius 2 is 2.11 bits per heavy atom. The smallest absolute Gasteiger partial charge is 0.265 e. The molecule has 0 fully saturated rings. The van der Waals surface area contributed by atoms with Crippen molar-refractivity contribution < 1.29 is 17.7 Å². The summed E-state index contributed by atoms with van der Waals surface area (Å²) in [4.78, 5) is 11.5. The molecular formula is C11H12N2O4S2. The number of ketones is 1. The van der Waals surface area contributed by atoms with Crippen LogP contribution in [0.5, 0.6) is 0 Å². The van der Waals surface area contributed by atoms with E-state index in [1.807, 2.05) is 0 Å². The van der Waals surface area contributed by atoms with E-state index >= 15 is 0 Å². The van der Waals surface area contributed by atoms with E-state index in [9.17, 15) is 13.2 Å². The van der Waals surface area contributed by atoms with Crippen LogP contribution in [-0.4, -0.2) is 19.4 Å². The third kappa shape index (κ3) is 2.54. The number of carbonyl (C=O) groups excluding carboxylic acids is 1. The molecule has 0 aromatic carbocycles. The number of hydrogen-bond donors (Lipinski definition) is 1. The lowest BCUT2D eigenvalue weighted by Crippen LogP contribution is -2.14. The number of rotatable bonds is 4. The van der Waals surface area contributed by atoms with Crippen molar-refractivity contribution in [1.29, 1.82) is 0 Å². The molecule has 2 aromatic rings. The first-order valence-corrected chi connectivity index (χ1v) is 7.73. The van der Waals surface area contributed by atoms with Gasteiger partial charge in [-0.05, 0) is 32.2 Å². The van der Waals surface area contributed by atoms with Crippen LogP contribution in [0.15, 0.2) is 20.9 Å².